The van der Waals surface area contributed by atoms with Gasteiger partial charge in [0, 0.05) is 17.3 Å². The zero-order valence-electron chi connectivity index (χ0n) is 11.4. The molecule has 2 heterocycles. The first kappa shape index (κ1) is 14.7. The molecule has 3 N–H and O–H groups in total. The van der Waals surface area contributed by atoms with E-state index in [1.807, 2.05) is 35.7 Å². The van der Waals surface area contributed by atoms with Crippen LogP contribution in [0.5, 0.6) is 5.75 Å². The Hall–Kier alpha value is -1.18. The van der Waals surface area contributed by atoms with Gasteiger partial charge < -0.3 is 15.4 Å². The van der Waals surface area contributed by atoms with Gasteiger partial charge in [0.15, 0.2) is 5.82 Å². The summed E-state index contributed by atoms with van der Waals surface area (Å²) in [5.74, 6) is 4.82. The minimum atomic E-state index is -0.322. The number of aromatic nitrogens is 2. The second-order valence-corrected chi connectivity index (χ2v) is 7.36. The number of benzene rings is 1. The van der Waals surface area contributed by atoms with Crippen LogP contribution >= 0.6 is 23.5 Å². The number of aromatic hydroxyl groups is 1. The molecule has 1 unspecified atom stereocenters. The van der Waals surface area contributed by atoms with Crippen molar-refractivity contribution in [2.75, 3.05) is 17.3 Å². The van der Waals surface area contributed by atoms with E-state index in [0.717, 1.165) is 22.9 Å². The Morgan fingerprint density at radius 2 is 2.14 bits per heavy atom. The van der Waals surface area contributed by atoms with Crippen LogP contribution < -0.4 is 5.73 Å². The summed E-state index contributed by atoms with van der Waals surface area (Å²) in [5, 5.41) is 13.7. The Kier molecular flexibility index (Phi) is 4.72. The van der Waals surface area contributed by atoms with Crippen molar-refractivity contribution >= 4 is 23.5 Å². The van der Waals surface area contributed by atoms with Gasteiger partial charge >= 0.3 is 0 Å². The molecule has 0 bridgehead atoms. The Morgan fingerprint density at radius 3 is 2.86 bits per heavy atom. The van der Waals surface area contributed by atoms with E-state index in [-0.39, 0.29) is 11.8 Å². The largest absolute Gasteiger partial charge is 0.508 e. The predicted molar refractivity (Wildman–Crippen MR) is 85.6 cm³/mol. The van der Waals surface area contributed by atoms with Gasteiger partial charge in [-0.15, -0.1) is 11.8 Å². The molecule has 0 radical (unpaired) electrons. The number of nitrogens with zero attached hydrogens (tertiary/aromatic N) is 2. The number of phenols is 1. The van der Waals surface area contributed by atoms with E-state index < -0.39 is 0 Å². The highest BCUT2D eigenvalue weighted by molar-refractivity contribution is 8.06. The van der Waals surface area contributed by atoms with Crippen LogP contribution in [0.1, 0.15) is 28.6 Å². The first-order valence-corrected chi connectivity index (χ1v) is 8.99. The molecule has 2 atom stereocenters. The lowest BCUT2D eigenvalue weighted by molar-refractivity contribution is 0.350. The first-order valence-electron chi connectivity index (χ1n) is 6.78. The topological polar surface area (TPSA) is 85.2 Å². The summed E-state index contributed by atoms with van der Waals surface area (Å²) in [5.41, 5.74) is 7.17. The van der Waals surface area contributed by atoms with Crippen molar-refractivity contribution < 1.29 is 9.63 Å². The van der Waals surface area contributed by atoms with E-state index in [4.69, 9.17) is 10.3 Å². The third-order valence-corrected chi connectivity index (χ3v) is 6.02. The SMILES string of the molecule is N[C@H](Cc1ccc(O)cc1)c1nc(C2CSCCS2)no1. The van der Waals surface area contributed by atoms with Gasteiger partial charge in [0.05, 0.1) is 11.3 Å². The maximum absolute atomic E-state index is 9.28. The highest BCUT2D eigenvalue weighted by Crippen LogP contribution is 2.35. The van der Waals surface area contributed by atoms with Crippen LogP contribution in [0.25, 0.3) is 0 Å². The zero-order valence-corrected chi connectivity index (χ0v) is 13.1. The van der Waals surface area contributed by atoms with E-state index >= 15 is 0 Å². The molecule has 0 aliphatic carbocycles. The molecule has 1 saturated heterocycles. The van der Waals surface area contributed by atoms with Crippen molar-refractivity contribution in [2.45, 2.75) is 17.7 Å². The summed E-state index contributed by atoms with van der Waals surface area (Å²) in [4.78, 5) is 4.46. The molecule has 7 heteroatoms. The first-order chi connectivity index (χ1) is 10.2. The Labute approximate surface area is 131 Å². The molecule has 0 spiro atoms. The molecule has 21 heavy (non-hydrogen) atoms. The lowest BCUT2D eigenvalue weighted by Crippen LogP contribution is -2.14. The fraction of sp³-hybridized carbons (Fsp3) is 0.429. The fourth-order valence-corrected chi connectivity index (χ4v) is 4.73. The average molecular weight is 323 g/mol. The third kappa shape index (κ3) is 3.72. The van der Waals surface area contributed by atoms with Gasteiger partial charge in [0.25, 0.3) is 0 Å². The Balaban J connectivity index is 1.65. The van der Waals surface area contributed by atoms with Crippen LogP contribution in [0, 0.1) is 0 Å². The van der Waals surface area contributed by atoms with E-state index in [0.29, 0.717) is 17.6 Å². The maximum Gasteiger partial charge on any atom is 0.243 e. The second kappa shape index (κ2) is 6.72. The van der Waals surface area contributed by atoms with E-state index in [2.05, 4.69) is 10.1 Å². The molecule has 1 aromatic heterocycles. The minimum Gasteiger partial charge on any atom is -0.508 e. The lowest BCUT2D eigenvalue weighted by atomic mass is 10.1. The minimum absolute atomic E-state index is 0.249. The molecular formula is C14H17N3O2S2. The van der Waals surface area contributed by atoms with E-state index in [1.54, 1.807) is 12.1 Å². The molecule has 2 aromatic rings. The standard InChI is InChI=1S/C14H17N3O2S2/c15-11(7-9-1-3-10(18)4-2-9)14-16-13(17-19-14)12-8-20-5-6-21-12/h1-4,11-12,18H,5-8,15H2/t11-,12?/m1/s1. The van der Waals surface area contributed by atoms with Crippen molar-refractivity contribution in [3.05, 3.63) is 41.5 Å². The highest BCUT2D eigenvalue weighted by atomic mass is 32.2. The molecule has 0 saturated carbocycles. The van der Waals surface area contributed by atoms with Gasteiger partial charge in [-0.05, 0) is 24.1 Å². The average Bonchev–Trinajstić information content (AvgIpc) is 3.00. The van der Waals surface area contributed by atoms with Crippen LogP contribution in [0.2, 0.25) is 0 Å². The molecule has 5 nitrogen and oxygen atoms in total. The van der Waals surface area contributed by atoms with Crippen molar-refractivity contribution in [2.24, 2.45) is 5.73 Å². The quantitative estimate of drug-likeness (QED) is 0.894. The zero-order chi connectivity index (χ0) is 14.7. The van der Waals surface area contributed by atoms with Crippen LogP contribution in [-0.2, 0) is 6.42 Å². The summed E-state index contributed by atoms with van der Waals surface area (Å²) in [6.07, 6.45) is 0.606. The lowest BCUT2D eigenvalue weighted by Gasteiger charge is -2.17. The molecule has 3 rings (SSSR count). The van der Waals surface area contributed by atoms with Crippen LogP contribution in [0.15, 0.2) is 28.8 Å². The summed E-state index contributed by atoms with van der Waals surface area (Å²) in [7, 11) is 0. The summed E-state index contributed by atoms with van der Waals surface area (Å²) < 4.78 is 5.32. The molecule has 1 aromatic carbocycles. The van der Waals surface area contributed by atoms with E-state index in [9.17, 15) is 5.11 Å². The van der Waals surface area contributed by atoms with Gasteiger partial charge in [0.2, 0.25) is 5.89 Å². The van der Waals surface area contributed by atoms with Gasteiger partial charge in [-0.3, -0.25) is 0 Å². The predicted octanol–water partition coefficient (Wildman–Crippen LogP) is 2.54. The maximum atomic E-state index is 9.28. The molecule has 112 valence electrons. The second-order valence-electron chi connectivity index (χ2n) is 4.90. The number of thioether (sulfide) groups is 2. The van der Waals surface area contributed by atoms with Crippen LogP contribution in [0.3, 0.4) is 0 Å². The number of rotatable bonds is 4. The van der Waals surface area contributed by atoms with Gasteiger partial charge in [0.1, 0.15) is 5.75 Å². The van der Waals surface area contributed by atoms with Gasteiger partial charge in [-0.25, -0.2) is 0 Å². The molecule has 1 aliphatic rings. The number of hydrogen-bond acceptors (Lipinski definition) is 7. The van der Waals surface area contributed by atoms with Gasteiger partial charge in [-0.1, -0.05) is 17.3 Å². The fourth-order valence-electron chi connectivity index (χ4n) is 2.14. The van der Waals surface area contributed by atoms with Gasteiger partial charge in [-0.2, -0.15) is 16.7 Å². The normalized spacial score (nSPS) is 20.3. The summed E-state index contributed by atoms with van der Waals surface area (Å²) in [6.45, 7) is 0. The van der Waals surface area contributed by atoms with Crippen LogP contribution in [-0.4, -0.2) is 32.5 Å². The Bertz CT molecular complexity index is 582. The summed E-state index contributed by atoms with van der Waals surface area (Å²) >= 11 is 3.79. The van der Waals surface area contributed by atoms with Crippen molar-refractivity contribution in [1.82, 2.24) is 10.1 Å². The van der Waals surface area contributed by atoms with E-state index in [1.165, 1.54) is 5.75 Å². The Morgan fingerprint density at radius 1 is 1.33 bits per heavy atom. The smallest absolute Gasteiger partial charge is 0.243 e. The highest BCUT2D eigenvalue weighted by Gasteiger charge is 2.23. The summed E-state index contributed by atoms with van der Waals surface area (Å²) in [6, 6.07) is 6.67. The van der Waals surface area contributed by atoms with Crippen molar-refractivity contribution in [3.63, 3.8) is 0 Å². The number of hydrogen-bond donors (Lipinski definition) is 2. The van der Waals surface area contributed by atoms with Crippen molar-refractivity contribution in [1.29, 1.82) is 0 Å². The van der Waals surface area contributed by atoms with Crippen molar-refractivity contribution in [3.8, 4) is 5.75 Å². The third-order valence-electron chi connectivity index (χ3n) is 3.27. The number of nitrogens with two attached hydrogens (primary N) is 1. The molecular weight excluding hydrogens is 306 g/mol. The van der Waals surface area contributed by atoms with Crippen LogP contribution in [0.4, 0.5) is 0 Å². The molecule has 1 fully saturated rings. The molecule has 1 aliphatic heterocycles. The number of phenolic OH excluding ortho intramolecular Hbond substituents is 1. The monoisotopic (exact) mass is 323 g/mol. The molecule has 0 amide bonds.